The standard InChI is InChI=1S/C29H33Cl2N3O4S/c1-5-20(2)32-29(36)22(4)33(18-23-12-9-10-15-26(23)31)28(35)19-34(27-17-11-16-25(30)21(27)3)39(37,38)24-13-7-6-8-14-24/h6-17,20,22H,5,18-19H2,1-4H3,(H,32,36)/t20-,22+/m1/s1. The van der Waals surface area contributed by atoms with Gasteiger partial charge in [0, 0.05) is 22.6 Å². The average Bonchev–Trinajstić information content (AvgIpc) is 2.92. The molecule has 0 bridgehead atoms. The number of nitrogens with one attached hydrogen (secondary N) is 1. The molecule has 39 heavy (non-hydrogen) atoms. The van der Waals surface area contributed by atoms with Crippen molar-refractivity contribution in [2.75, 3.05) is 10.8 Å². The Morgan fingerprint density at radius 2 is 1.51 bits per heavy atom. The summed E-state index contributed by atoms with van der Waals surface area (Å²) in [6.45, 7) is 6.60. The van der Waals surface area contributed by atoms with Gasteiger partial charge in [0.2, 0.25) is 11.8 Å². The molecule has 0 aromatic heterocycles. The van der Waals surface area contributed by atoms with Crippen LogP contribution in [0, 0.1) is 6.92 Å². The van der Waals surface area contributed by atoms with Crippen molar-refractivity contribution < 1.29 is 18.0 Å². The van der Waals surface area contributed by atoms with Crippen LogP contribution in [0.3, 0.4) is 0 Å². The van der Waals surface area contributed by atoms with E-state index in [9.17, 15) is 18.0 Å². The van der Waals surface area contributed by atoms with Crippen LogP contribution in [0.4, 0.5) is 5.69 Å². The third-order valence-corrected chi connectivity index (χ3v) is 9.14. The molecule has 2 amide bonds. The highest BCUT2D eigenvalue weighted by Gasteiger charge is 2.33. The van der Waals surface area contributed by atoms with Gasteiger partial charge in [0.05, 0.1) is 10.6 Å². The topological polar surface area (TPSA) is 86.8 Å². The van der Waals surface area contributed by atoms with Crippen molar-refractivity contribution in [3.05, 3.63) is 94.0 Å². The van der Waals surface area contributed by atoms with Crippen molar-refractivity contribution in [1.29, 1.82) is 0 Å². The summed E-state index contributed by atoms with van der Waals surface area (Å²) in [6, 6.07) is 18.8. The van der Waals surface area contributed by atoms with Gasteiger partial charge in [-0.3, -0.25) is 13.9 Å². The monoisotopic (exact) mass is 589 g/mol. The summed E-state index contributed by atoms with van der Waals surface area (Å²) in [4.78, 5) is 28.5. The fraction of sp³-hybridized carbons (Fsp3) is 0.310. The molecular weight excluding hydrogens is 557 g/mol. The number of rotatable bonds is 11. The molecule has 2 atom stereocenters. The lowest BCUT2D eigenvalue weighted by Gasteiger charge is -2.33. The van der Waals surface area contributed by atoms with Gasteiger partial charge >= 0.3 is 0 Å². The molecule has 10 heteroatoms. The first-order valence-electron chi connectivity index (χ1n) is 12.6. The third-order valence-electron chi connectivity index (χ3n) is 6.58. The molecule has 0 aliphatic rings. The maximum Gasteiger partial charge on any atom is 0.264 e. The number of carbonyl (C=O) groups is 2. The van der Waals surface area contributed by atoms with Crippen molar-refractivity contribution in [1.82, 2.24) is 10.2 Å². The summed E-state index contributed by atoms with van der Waals surface area (Å²) in [5.74, 6) is -0.915. The molecule has 3 rings (SSSR count). The second-order valence-electron chi connectivity index (χ2n) is 9.32. The molecule has 3 aromatic rings. The van der Waals surface area contributed by atoms with Gasteiger partial charge in [0.15, 0.2) is 0 Å². The van der Waals surface area contributed by atoms with Gasteiger partial charge in [0.25, 0.3) is 10.0 Å². The van der Waals surface area contributed by atoms with Crippen LogP contribution in [-0.2, 0) is 26.2 Å². The van der Waals surface area contributed by atoms with Crippen LogP contribution < -0.4 is 9.62 Å². The fourth-order valence-electron chi connectivity index (χ4n) is 3.96. The van der Waals surface area contributed by atoms with E-state index in [1.807, 2.05) is 13.8 Å². The molecule has 0 aliphatic heterocycles. The number of amides is 2. The lowest BCUT2D eigenvalue weighted by atomic mass is 10.1. The van der Waals surface area contributed by atoms with E-state index >= 15 is 0 Å². The van der Waals surface area contributed by atoms with Crippen molar-refractivity contribution >= 4 is 50.7 Å². The molecule has 0 unspecified atom stereocenters. The van der Waals surface area contributed by atoms with E-state index in [-0.39, 0.29) is 29.1 Å². The number of anilines is 1. The maximum absolute atomic E-state index is 14.0. The minimum absolute atomic E-state index is 0.0152. The van der Waals surface area contributed by atoms with Gasteiger partial charge in [-0.1, -0.05) is 72.6 Å². The van der Waals surface area contributed by atoms with Gasteiger partial charge in [0.1, 0.15) is 12.6 Å². The van der Waals surface area contributed by atoms with Crippen LogP contribution in [0.25, 0.3) is 0 Å². The number of nitrogens with zero attached hydrogens (tertiary/aromatic N) is 2. The molecule has 7 nitrogen and oxygen atoms in total. The Kier molecular flexibility index (Phi) is 10.4. The zero-order valence-corrected chi connectivity index (χ0v) is 24.7. The SMILES string of the molecule is CC[C@@H](C)NC(=O)[C@H](C)N(Cc1ccccc1Cl)C(=O)CN(c1cccc(Cl)c1C)S(=O)(=O)c1ccccc1. The Bertz CT molecular complexity index is 1420. The summed E-state index contributed by atoms with van der Waals surface area (Å²) >= 11 is 12.7. The zero-order valence-electron chi connectivity index (χ0n) is 22.4. The number of carbonyl (C=O) groups excluding carboxylic acids is 2. The van der Waals surface area contributed by atoms with Crippen LogP contribution in [-0.4, -0.2) is 43.8 Å². The van der Waals surface area contributed by atoms with Crippen LogP contribution in [0.5, 0.6) is 0 Å². The highest BCUT2D eigenvalue weighted by atomic mass is 35.5. The number of sulfonamides is 1. The second-order valence-corrected chi connectivity index (χ2v) is 12.0. The van der Waals surface area contributed by atoms with Gasteiger partial charge < -0.3 is 10.2 Å². The van der Waals surface area contributed by atoms with Gasteiger partial charge in [-0.25, -0.2) is 8.42 Å². The predicted octanol–water partition coefficient (Wildman–Crippen LogP) is 5.83. The van der Waals surface area contributed by atoms with Crippen molar-refractivity contribution in [3.63, 3.8) is 0 Å². The molecule has 0 fully saturated rings. The quantitative estimate of drug-likeness (QED) is 0.305. The van der Waals surface area contributed by atoms with Crippen LogP contribution in [0.15, 0.2) is 77.7 Å². The molecule has 0 heterocycles. The summed E-state index contributed by atoms with van der Waals surface area (Å²) in [5.41, 5.74) is 1.41. The first-order valence-corrected chi connectivity index (χ1v) is 14.8. The summed E-state index contributed by atoms with van der Waals surface area (Å²) in [5, 5.41) is 3.71. The van der Waals surface area contributed by atoms with Gasteiger partial charge in [-0.2, -0.15) is 0 Å². The Morgan fingerprint density at radius 3 is 2.15 bits per heavy atom. The zero-order chi connectivity index (χ0) is 28.7. The highest BCUT2D eigenvalue weighted by molar-refractivity contribution is 7.92. The minimum Gasteiger partial charge on any atom is -0.352 e. The molecule has 1 N–H and O–H groups in total. The van der Waals surface area contributed by atoms with Gasteiger partial charge in [-0.05, 0) is 68.7 Å². The molecule has 0 radical (unpaired) electrons. The Morgan fingerprint density at radius 1 is 0.897 bits per heavy atom. The molecule has 0 saturated carbocycles. The Hall–Kier alpha value is -3.07. The fourth-order valence-corrected chi connectivity index (χ4v) is 5.82. The van der Waals surface area contributed by atoms with E-state index < -0.39 is 28.5 Å². The van der Waals surface area contributed by atoms with Crippen molar-refractivity contribution in [2.24, 2.45) is 0 Å². The highest BCUT2D eigenvalue weighted by Crippen LogP contribution is 2.31. The van der Waals surface area contributed by atoms with E-state index in [4.69, 9.17) is 23.2 Å². The minimum atomic E-state index is -4.17. The number of halogens is 2. The lowest BCUT2D eigenvalue weighted by Crippen LogP contribution is -2.52. The summed E-state index contributed by atoms with van der Waals surface area (Å²) in [6.07, 6.45) is 0.716. The first-order chi connectivity index (χ1) is 18.5. The molecule has 0 saturated heterocycles. The maximum atomic E-state index is 14.0. The molecular formula is C29H33Cl2N3O4S. The first kappa shape index (κ1) is 30.5. The molecule has 208 valence electrons. The second kappa shape index (κ2) is 13.3. The number of hydrogen-bond acceptors (Lipinski definition) is 4. The van der Waals surface area contributed by atoms with E-state index in [1.165, 1.54) is 17.0 Å². The summed E-state index contributed by atoms with van der Waals surface area (Å²) in [7, 11) is -4.17. The molecule has 0 aliphatic carbocycles. The smallest absolute Gasteiger partial charge is 0.264 e. The van der Waals surface area contributed by atoms with Crippen LogP contribution in [0.2, 0.25) is 10.0 Å². The van der Waals surface area contributed by atoms with Crippen LogP contribution in [0.1, 0.15) is 38.3 Å². The largest absolute Gasteiger partial charge is 0.352 e. The van der Waals surface area contributed by atoms with E-state index in [1.54, 1.807) is 74.5 Å². The summed E-state index contributed by atoms with van der Waals surface area (Å²) < 4.78 is 28.8. The Balaban J connectivity index is 2.07. The van der Waals surface area contributed by atoms with Crippen LogP contribution >= 0.6 is 23.2 Å². The van der Waals surface area contributed by atoms with E-state index in [0.29, 0.717) is 27.6 Å². The van der Waals surface area contributed by atoms with Crippen molar-refractivity contribution in [3.8, 4) is 0 Å². The van der Waals surface area contributed by atoms with Crippen molar-refractivity contribution in [2.45, 2.75) is 57.6 Å². The molecule has 0 spiro atoms. The Labute approximate surface area is 240 Å². The predicted molar refractivity (Wildman–Crippen MR) is 157 cm³/mol. The van der Waals surface area contributed by atoms with E-state index in [0.717, 1.165) is 4.31 Å². The normalized spacial score (nSPS) is 12.9. The average molecular weight is 591 g/mol. The number of benzene rings is 3. The lowest BCUT2D eigenvalue weighted by molar-refractivity contribution is -0.139. The number of hydrogen-bond donors (Lipinski definition) is 1. The van der Waals surface area contributed by atoms with Gasteiger partial charge in [-0.15, -0.1) is 0 Å². The third kappa shape index (κ3) is 7.32. The molecule has 3 aromatic carbocycles. The van der Waals surface area contributed by atoms with E-state index in [2.05, 4.69) is 5.32 Å².